The molecule has 1 unspecified atom stereocenters. The van der Waals surface area contributed by atoms with Crippen LogP contribution in [0.4, 0.5) is 0 Å². The third-order valence-electron chi connectivity index (χ3n) is 4.46. The molecular weight excluding hydrogens is 400 g/mol. The normalized spacial score (nSPS) is 11.9. The fourth-order valence-electron chi connectivity index (χ4n) is 2.96. The predicted octanol–water partition coefficient (Wildman–Crippen LogP) is 5.06. The van der Waals surface area contributed by atoms with Crippen LogP contribution in [-0.4, -0.2) is 20.9 Å². The predicted molar refractivity (Wildman–Crippen MR) is 118 cm³/mol. The Bertz CT molecular complexity index is 1100. The molecule has 0 radical (unpaired) electrons. The lowest BCUT2D eigenvalue weighted by molar-refractivity contribution is -0.121. The molecular formula is C22H20N4OS2. The highest BCUT2D eigenvalue weighted by Crippen LogP contribution is 2.25. The first-order chi connectivity index (χ1) is 14.1. The number of aryl methyl sites for hydroxylation is 1. The van der Waals surface area contributed by atoms with Gasteiger partial charge in [0, 0.05) is 34.3 Å². The molecule has 146 valence electrons. The maximum atomic E-state index is 12.5. The van der Waals surface area contributed by atoms with Gasteiger partial charge in [0.1, 0.15) is 5.01 Å². The standard InChI is InChI=1S/C22H20N4OS2/c1-14(22-26-20(13-29-22)18-4-3-9-23-11-18)24-21(27)10-16-5-7-17(8-6-16)19-12-28-15(2)25-19/h3-9,11-14H,10H2,1-2H3,(H,24,27). The zero-order valence-corrected chi connectivity index (χ0v) is 17.8. The number of nitrogens with one attached hydrogen (secondary N) is 1. The number of hydrogen-bond acceptors (Lipinski definition) is 6. The summed E-state index contributed by atoms with van der Waals surface area (Å²) in [7, 11) is 0. The average Bonchev–Trinajstić information content (AvgIpc) is 3.39. The van der Waals surface area contributed by atoms with Gasteiger partial charge in [0.25, 0.3) is 0 Å². The number of amides is 1. The molecule has 0 bridgehead atoms. The summed E-state index contributed by atoms with van der Waals surface area (Å²) in [6.07, 6.45) is 3.87. The smallest absolute Gasteiger partial charge is 0.224 e. The fourth-order valence-corrected chi connectivity index (χ4v) is 4.42. The van der Waals surface area contributed by atoms with E-state index in [0.29, 0.717) is 6.42 Å². The van der Waals surface area contributed by atoms with E-state index >= 15 is 0 Å². The van der Waals surface area contributed by atoms with Crippen molar-refractivity contribution >= 4 is 28.6 Å². The number of pyridine rings is 1. The van der Waals surface area contributed by atoms with Crippen LogP contribution in [0.15, 0.2) is 59.6 Å². The van der Waals surface area contributed by atoms with Gasteiger partial charge in [-0.1, -0.05) is 24.3 Å². The number of carbonyl (C=O) groups is 1. The van der Waals surface area contributed by atoms with E-state index in [4.69, 9.17) is 0 Å². The van der Waals surface area contributed by atoms with E-state index in [-0.39, 0.29) is 11.9 Å². The molecule has 1 aromatic carbocycles. The van der Waals surface area contributed by atoms with Crippen molar-refractivity contribution in [1.29, 1.82) is 0 Å². The summed E-state index contributed by atoms with van der Waals surface area (Å²) in [4.78, 5) is 25.7. The number of rotatable bonds is 6. The van der Waals surface area contributed by atoms with Crippen molar-refractivity contribution in [2.24, 2.45) is 0 Å². The summed E-state index contributed by atoms with van der Waals surface area (Å²) in [6, 6.07) is 11.7. The van der Waals surface area contributed by atoms with Gasteiger partial charge in [-0.05, 0) is 31.5 Å². The number of thiazole rings is 2. The van der Waals surface area contributed by atoms with Crippen molar-refractivity contribution in [2.75, 3.05) is 0 Å². The molecule has 3 heterocycles. The topological polar surface area (TPSA) is 67.8 Å². The molecule has 1 N–H and O–H groups in total. The van der Waals surface area contributed by atoms with Crippen LogP contribution in [0.1, 0.15) is 28.5 Å². The summed E-state index contributed by atoms with van der Waals surface area (Å²) >= 11 is 3.18. The first-order valence-corrected chi connectivity index (χ1v) is 11.0. The number of carbonyl (C=O) groups excluding carboxylic acids is 1. The number of nitrogens with zero attached hydrogens (tertiary/aromatic N) is 3. The molecule has 5 nitrogen and oxygen atoms in total. The first-order valence-electron chi connectivity index (χ1n) is 9.25. The highest BCUT2D eigenvalue weighted by molar-refractivity contribution is 7.10. The first kappa shape index (κ1) is 19.4. The second-order valence-electron chi connectivity index (χ2n) is 6.73. The molecule has 0 fully saturated rings. The van der Waals surface area contributed by atoms with Crippen LogP contribution in [0.3, 0.4) is 0 Å². The third-order valence-corrected chi connectivity index (χ3v) is 6.26. The van der Waals surface area contributed by atoms with Crippen molar-refractivity contribution in [3.05, 3.63) is 75.1 Å². The zero-order valence-electron chi connectivity index (χ0n) is 16.1. The quantitative estimate of drug-likeness (QED) is 0.474. The van der Waals surface area contributed by atoms with E-state index in [1.165, 1.54) is 0 Å². The maximum absolute atomic E-state index is 12.5. The monoisotopic (exact) mass is 420 g/mol. The highest BCUT2D eigenvalue weighted by Gasteiger charge is 2.15. The minimum atomic E-state index is -0.143. The Balaban J connectivity index is 1.36. The molecule has 0 saturated heterocycles. The van der Waals surface area contributed by atoms with Crippen LogP contribution in [0.2, 0.25) is 0 Å². The molecule has 0 aliphatic rings. The summed E-state index contributed by atoms with van der Waals surface area (Å²) in [5.41, 5.74) is 4.87. The largest absolute Gasteiger partial charge is 0.347 e. The van der Waals surface area contributed by atoms with Crippen molar-refractivity contribution in [3.63, 3.8) is 0 Å². The molecule has 0 spiro atoms. The Labute approximate surface area is 177 Å². The summed E-state index contributed by atoms with van der Waals surface area (Å²) in [5.74, 6) is -0.0205. The van der Waals surface area contributed by atoms with Crippen LogP contribution < -0.4 is 5.32 Å². The molecule has 4 rings (SSSR count). The second kappa shape index (κ2) is 8.63. The summed E-state index contributed by atoms with van der Waals surface area (Å²) in [6.45, 7) is 3.95. The SMILES string of the molecule is Cc1nc(-c2ccc(CC(=O)NC(C)c3nc(-c4cccnc4)cs3)cc2)cs1. The summed E-state index contributed by atoms with van der Waals surface area (Å²) < 4.78 is 0. The van der Waals surface area contributed by atoms with Gasteiger partial charge in [-0.2, -0.15) is 0 Å². The molecule has 1 atom stereocenters. The van der Waals surface area contributed by atoms with E-state index < -0.39 is 0 Å². The minimum Gasteiger partial charge on any atom is -0.347 e. The zero-order chi connectivity index (χ0) is 20.2. The molecule has 29 heavy (non-hydrogen) atoms. The van der Waals surface area contributed by atoms with Gasteiger partial charge in [-0.3, -0.25) is 9.78 Å². The van der Waals surface area contributed by atoms with Crippen molar-refractivity contribution in [2.45, 2.75) is 26.3 Å². The van der Waals surface area contributed by atoms with Gasteiger partial charge >= 0.3 is 0 Å². The van der Waals surface area contributed by atoms with Gasteiger partial charge in [0.15, 0.2) is 0 Å². The molecule has 1 amide bonds. The molecule has 7 heteroatoms. The number of aromatic nitrogens is 3. The molecule has 4 aromatic rings. The molecule has 0 aliphatic carbocycles. The van der Waals surface area contributed by atoms with Gasteiger partial charge in [0.2, 0.25) is 5.91 Å². The van der Waals surface area contributed by atoms with Gasteiger partial charge < -0.3 is 5.32 Å². The van der Waals surface area contributed by atoms with Crippen LogP contribution in [-0.2, 0) is 11.2 Å². The number of hydrogen-bond donors (Lipinski definition) is 1. The fraction of sp³-hybridized carbons (Fsp3) is 0.182. The lowest BCUT2D eigenvalue weighted by Crippen LogP contribution is -2.28. The Morgan fingerprint density at radius 2 is 1.79 bits per heavy atom. The highest BCUT2D eigenvalue weighted by atomic mass is 32.1. The van der Waals surface area contributed by atoms with Crippen LogP contribution in [0.25, 0.3) is 22.5 Å². The van der Waals surface area contributed by atoms with E-state index in [2.05, 4.69) is 20.3 Å². The van der Waals surface area contributed by atoms with E-state index in [1.807, 2.05) is 61.0 Å². The van der Waals surface area contributed by atoms with Gasteiger partial charge in [0.05, 0.1) is 28.9 Å². The molecule has 0 saturated carbocycles. The van der Waals surface area contributed by atoms with Crippen molar-refractivity contribution in [3.8, 4) is 22.5 Å². The Hall–Kier alpha value is -2.90. The van der Waals surface area contributed by atoms with Crippen molar-refractivity contribution < 1.29 is 4.79 Å². The van der Waals surface area contributed by atoms with E-state index in [1.54, 1.807) is 35.1 Å². The van der Waals surface area contributed by atoms with Gasteiger partial charge in [-0.25, -0.2) is 9.97 Å². The summed E-state index contributed by atoms with van der Waals surface area (Å²) in [5, 5.41) is 9.01. The second-order valence-corrected chi connectivity index (χ2v) is 8.68. The number of benzene rings is 1. The van der Waals surface area contributed by atoms with Crippen LogP contribution >= 0.6 is 22.7 Å². The minimum absolute atomic E-state index is 0.0205. The Kier molecular flexibility index (Phi) is 5.78. The Morgan fingerprint density at radius 1 is 1.03 bits per heavy atom. The van der Waals surface area contributed by atoms with E-state index in [9.17, 15) is 4.79 Å². The lowest BCUT2D eigenvalue weighted by atomic mass is 10.1. The maximum Gasteiger partial charge on any atom is 0.224 e. The lowest BCUT2D eigenvalue weighted by Gasteiger charge is -2.11. The third kappa shape index (κ3) is 4.75. The Morgan fingerprint density at radius 3 is 2.48 bits per heavy atom. The molecule has 3 aromatic heterocycles. The van der Waals surface area contributed by atoms with Crippen LogP contribution in [0.5, 0.6) is 0 Å². The van der Waals surface area contributed by atoms with Crippen LogP contribution in [0, 0.1) is 6.92 Å². The average molecular weight is 421 g/mol. The van der Waals surface area contributed by atoms with E-state index in [0.717, 1.165) is 38.1 Å². The molecule has 0 aliphatic heterocycles. The van der Waals surface area contributed by atoms with Gasteiger partial charge in [-0.15, -0.1) is 22.7 Å². The van der Waals surface area contributed by atoms with Crippen molar-refractivity contribution in [1.82, 2.24) is 20.3 Å².